The van der Waals surface area contributed by atoms with Crippen molar-refractivity contribution in [3.05, 3.63) is 65.7 Å². The SMILES string of the molecule is CCNC(=NCc1cccc(F)c1)NCc1ccccn1. The Morgan fingerprint density at radius 3 is 2.81 bits per heavy atom. The smallest absolute Gasteiger partial charge is 0.191 e. The van der Waals surface area contributed by atoms with E-state index in [9.17, 15) is 4.39 Å². The number of hydrogen-bond donors (Lipinski definition) is 2. The minimum atomic E-state index is -0.242. The molecule has 5 heteroatoms. The minimum absolute atomic E-state index is 0.242. The molecule has 4 nitrogen and oxygen atoms in total. The summed E-state index contributed by atoms with van der Waals surface area (Å²) in [5.74, 6) is 0.446. The summed E-state index contributed by atoms with van der Waals surface area (Å²) >= 11 is 0. The molecule has 110 valence electrons. The molecule has 0 spiro atoms. The summed E-state index contributed by atoms with van der Waals surface area (Å²) in [6.07, 6.45) is 1.76. The maximum atomic E-state index is 13.1. The van der Waals surface area contributed by atoms with Crippen LogP contribution in [0.3, 0.4) is 0 Å². The predicted octanol–water partition coefficient (Wildman–Crippen LogP) is 2.48. The lowest BCUT2D eigenvalue weighted by Gasteiger charge is -2.11. The topological polar surface area (TPSA) is 49.3 Å². The molecule has 2 rings (SSSR count). The molecule has 0 aliphatic heterocycles. The summed E-state index contributed by atoms with van der Waals surface area (Å²) in [5, 5.41) is 6.36. The van der Waals surface area contributed by atoms with E-state index in [1.807, 2.05) is 31.2 Å². The van der Waals surface area contributed by atoms with Gasteiger partial charge in [0.2, 0.25) is 0 Å². The first-order valence-corrected chi connectivity index (χ1v) is 6.94. The summed E-state index contributed by atoms with van der Waals surface area (Å²) in [4.78, 5) is 8.69. The summed E-state index contributed by atoms with van der Waals surface area (Å²) in [6, 6.07) is 12.2. The van der Waals surface area contributed by atoms with Gasteiger partial charge in [0.1, 0.15) is 5.82 Å². The standard InChI is InChI=1S/C16H19FN4/c1-2-18-16(21-12-15-8-3-4-9-19-15)20-11-13-6-5-7-14(17)10-13/h3-10H,2,11-12H2,1H3,(H2,18,20,21). The molecule has 2 N–H and O–H groups in total. The van der Waals surface area contributed by atoms with Crippen LogP contribution in [-0.2, 0) is 13.1 Å². The number of nitrogens with zero attached hydrogens (tertiary/aromatic N) is 2. The van der Waals surface area contributed by atoms with E-state index in [-0.39, 0.29) is 5.82 Å². The lowest BCUT2D eigenvalue weighted by atomic mass is 10.2. The van der Waals surface area contributed by atoms with Crippen LogP contribution in [0.25, 0.3) is 0 Å². The number of pyridine rings is 1. The van der Waals surface area contributed by atoms with E-state index in [0.29, 0.717) is 19.0 Å². The molecule has 1 aromatic carbocycles. The lowest BCUT2D eigenvalue weighted by molar-refractivity contribution is 0.625. The zero-order valence-corrected chi connectivity index (χ0v) is 12.0. The van der Waals surface area contributed by atoms with Crippen LogP contribution < -0.4 is 10.6 Å². The van der Waals surface area contributed by atoms with Gasteiger partial charge in [-0.25, -0.2) is 9.38 Å². The number of nitrogens with one attached hydrogen (secondary N) is 2. The van der Waals surface area contributed by atoms with Gasteiger partial charge in [-0.05, 0) is 36.8 Å². The predicted molar refractivity (Wildman–Crippen MR) is 82.3 cm³/mol. The zero-order chi connectivity index (χ0) is 14.9. The Labute approximate surface area is 124 Å². The van der Waals surface area contributed by atoms with Crippen LogP contribution >= 0.6 is 0 Å². The molecule has 0 fully saturated rings. The van der Waals surface area contributed by atoms with Crippen molar-refractivity contribution in [1.82, 2.24) is 15.6 Å². The van der Waals surface area contributed by atoms with Gasteiger partial charge < -0.3 is 10.6 Å². The third-order valence-electron chi connectivity index (χ3n) is 2.82. The van der Waals surface area contributed by atoms with E-state index in [4.69, 9.17) is 0 Å². The Balaban J connectivity index is 1.96. The third kappa shape index (κ3) is 5.22. The molecular formula is C16H19FN4. The maximum Gasteiger partial charge on any atom is 0.191 e. The van der Waals surface area contributed by atoms with Gasteiger partial charge in [0.05, 0.1) is 18.8 Å². The van der Waals surface area contributed by atoms with Crippen LogP contribution in [0.1, 0.15) is 18.2 Å². The fourth-order valence-corrected chi connectivity index (χ4v) is 1.82. The molecule has 0 bridgehead atoms. The Kier molecular flexibility index (Phi) is 5.70. The molecule has 21 heavy (non-hydrogen) atoms. The summed E-state index contributed by atoms with van der Waals surface area (Å²) in [6.45, 7) is 3.78. The quantitative estimate of drug-likeness (QED) is 0.656. The van der Waals surface area contributed by atoms with Gasteiger partial charge in [-0.3, -0.25) is 4.98 Å². The first kappa shape index (κ1) is 15.0. The van der Waals surface area contributed by atoms with Gasteiger partial charge in [0.15, 0.2) is 5.96 Å². The van der Waals surface area contributed by atoms with Crippen LogP contribution in [0, 0.1) is 5.82 Å². The van der Waals surface area contributed by atoms with Gasteiger partial charge in [-0.2, -0.15) is 0 Å². The largest absolute Gasteiger partial charge is 0.357 e. The van der Waals surface area contributed by atoms with Gasteiger partial charge >= 0.3 is 0 Å². The van der Waals surface area contributed by atoms with E-state index in [0.717, 1.165) is 17.8 Å². The van der Waals surface area contributed by atoms with E-state index in [2.05, 4.69) is 20.6 Å². The van der Waals surface area contributed by atoms with Gasteiger partial charge in [0.25, 0.3) is 0 Å². The molecule has 0 aliphatic rings. The van der Waals surface area contributed by atoms with Gasteiger partial charge in [-0.1, -0.05) is 18.2 Å². The number of aliphatic imine (C=N–C) groups is 1. The Bertz CT molecular complexity index is 584. The molecule has 1 aromatic heterocycles. The number of halogens is 1. The Hall–Kier alpha value is -2.43. The second-order valence-electron chi connectivity index (χ2n) is 4.50. The lowest BCUT2D eigenvalue weighted by Crippen LogP contribution is -2.37. The molecule has 0 radical (unpaired) electrons. The van der Waals surface area contributed by atoms with Crippen molar-refractivity contribution in [2.45, 2.75) is 20.0 Å². The first-order chi connectivity index (χ1) is 10.3. The van der Waals surface area contributed by atoms with Crippen LogP contribution in [-0.4, -0.2) is 17.5 Å². The van der Waals surface area contributed by atoms with E-state index in [1.165, 1.54) is 12.1 Å². The third-order valence-corrected chi connectivity index (χ3v) is 2.82. The van der Waals surface area contributed by atoms with Crippen LogP contribution in [0.4, 0.5) is 4.39 Å². The van der Waals surface area contributed by atoms with Crippen LogP contribution in [0.5, 0.6) is 0 Å². The maximum absolute atomic E-state index is 13.1. The monoisotopic (exact) mass is 286 g/mol. The fourth-order valence-electron chi connectivity index (χ4n) is 1.82. The molecule has 2 aromatic rings. The highest BCUT2D eigenvalue weighted by Gasteiger charge is 1.99. The highest BCUT2D eigenvalue weighted by Crippen LogP contribution is 2.04. The van der Waals surface area contributed by atoms with Crippen molar-refractivity contribution in [1.29, 1.82) is 0 Å². The molecule has 0 unspecified atom stereocenters. The van der Waals surface area contributed by atoms with Crippen molar-refractivity contribution in [3.63, 3.8) is 0 Å². The van der Waals surface area contributed by atoms with Crippen molar-refractivity contribution in [3.8, 4) is 0 Å². The summed E-state index contributed by atoms with van der Waals surface area (Å²) in [5.41, 5.74) is 1.78. The molecule has 0 saturated carbocycles. The highest BCUT2D eigenvalue weighted by atomic mass is 19.1. The molecule has 1 heterocycles. The number of guanidine groups is 1. The highest BCUT2D eigenvalue weighted by molar-refractivity contribution is 5.79. The van der Waals surface area contributed by atoms with Crippen molar-refractivity contribution in [2.75, 3.05) is 6.54 Å². The average Bonchev–Trinajstić information content (AvgIpc) is 2.51. The summed E-state index contributed by atoms with van der Waals surface area (Å²) < 4.78 is 13.1. The molecule has 0 atom stereocenters. The van der Waals surface area contributed by atoms with E-state index in [1.54, 1.807) is 12.3 Å². The number of aromatic nitrogens is 1. The average molecular weight is 286 g/mol. The zero-order valence-electron chi connectivity index (χ0n) is 12.0. The van der Waals surface area contributed by atoms with Crippen LogP contribution in [0.15, 0.2) is 53.7 Å². The molecular weight excluding hydrogens is 267 g/mol. The van der Waals surface area contributed by atoms with Crippen molar-refractivity contribution < 1.29 is 4.39 Å². The second-order valence-corrected chi connectivity index (χ2v) is 4.50. The Morgan fingerprint density at radius 2 is 2.10 bits per heavy atom. The number of rotatable bonds is 5. The molecule has 0 saturated heterocycles. The van der Waals surface area contributed by atoms with Crippen LogP contribution in [0.2, 0.25) is 0 Å². The normalized spacial score (nSPS) is 11.2. The van der Waals surface area contributed by atoms with Crippen molar-refractivity contribution >= 4 is 5.96 Å². The Morgan fingerprint density at radius 1 is 1.19 bits per heavy atom. The second kappa shape index (κ2) is 7.99. The van der Waals surface area contributed by atoms with E-state index < -0.39 is 0 Å². The van der Waals surface area contributed by atoms with Gasteiger partial charge in [-0.15, -0.1) is 0 Å². The van der Waals surface area contributed by atoms with E-state index >= 15 is 0 Å². The fraction of sp³-hybridized carbons (Fsp3) is 0.250. The van der Waals surface area contributed by atoms with Gasteiger partial charge in [0, 0.05) is 12.7 Å². The van der Waals surface area contributed by atoms with Crippen molar-refractivity contribution in [2.24, 2.45) is 4.99 Å². The minimum Gasteiger partial charge on any atom is -0.357 e. The molecule has 0 amide bonds. The summed E-state index contributed by atoms with van der Waals surface area (Å²) in [7, 11) is 0. The molecule has 0 aliphatic carbocycles. The number of benzene rings is 1. The number of hydrogen-bond acceptors (Lipinski definition) is 2. The first-order valence-electron chi connectivity index (χ1n) is 6.94.